The molecular formula is C12H8ClN3S. The van der Waals surface area contributed by atoms with E-state index in [0.29, 0.717) is 10.8 Å². The lowest BCUT2D eigenvalue weighted by Gasteiger charge is -2.02. The Morgan fingerprint density at radius 1 is 1.18 bits per heavy atom. The van der Waals surface area contributed by atoms with Gasteiger partial charge in [-0.15, -0.1) is 10.2 Å². The Balaban J connectivity index is 2.24. The second kappa shape index (κ2) is 5.67. The van der Waals surface area contributed by atoms with E-state index in [1.165, 1.54) is 11.8 Å². The fourth-order valence-corrected chi connectivity index (χ4v) is 2.02. The van der Waals surface area contributed by atoms with Crippen LogP contribution in [0.2, 0.25) is 5.02 Å². The summed E-state index contributed by atoms with van der Waals surface area (Å²) < 4.78 is 0. The van der Waals surface area contributed by atoms with Gasteiger partial charge in [-0.05, 0) is 18.2 Å². The lowest BCUT2D eigenvalue weighted by atomic mass is 10.1. The van der Waals surface area contributed by atoms with Gasteiger partial charge in [0.15, 0.2) is 0 Å². The summed E-state index contributed by atoms with van der Waals surface area (Å²) in [4.78, 5) is 0. The van der Waals surface area contributed by atoms with Gasteiger partial charge in [0.2, 0.25) is 0 Å². The molecule has 0 saturated carbocycles. The zero-order chi connectivity index (χ0) is 12.1. The van der Waals surface area contributed by atoms with Crippen molar-refractivity contribution in [1.82, 2.24) is 10.2 Å². The average molecular weight is 262 g/mol. The molecule has 2 aromatic rings. The standard InChI is InChI=1S/C12H8ClN3S/c13-10-4-2-1-3-9(10)11-5-6-12(16-15-11)17-8-7-14/h1-6H,8H2. The van der Waals surface area contributed by atoms with E-state index in [9.17, 15) is 0 Å². The Bertz CT molecular complexity index is 548. The van der Waals surface area contributed by atoms with Crippen molar-refractivity contribution in [3.05, 3.63) is 41.4 Å². The highest BCUT2D eigenvalue weighted by molar-refractivity contribution is 7.99. The van der Waals surface area contributed by atoms with E-state index in [1.807, 2.05) is 42.5 Å². The van der Waals surface area contributed by atoms with Crippen molar-refractivity contribution in [2.75, 3.05) is 5.75 Å². The molecular weight excluding hydrogens is 254 g/mol. The summed E-state index contributed by atoms with van der Waals surface area (Å²) in [6, 6.07) is 13.2. The molecule has 1 aromatic heterocycles. The number of halogens is 1. The molecule has 5 heteroatoms. The summed E-state index contributed by atoms with van der Waals surface area (Å²) in [6.45, 7) is 0. The molecule has 0 aliphatic heterocycles. The van der Waals surface area contributed by atoms with Crippen molar-refractivity contribution in [3.8, 4) is 17.3 Å². The minimum absolute atomic E-state index is 0.375. The topological polar surface area (TPSA) is 49.6 Å². The molecule has 3 nitrogen and oxygen atoms in total. The highest BCUT2D eigenvalue weighted by atomic mass is 35.5. The average Bonchev–Trinajstić information content (AvgIpc) is 2.38. The highest BCUT2D eigenvalue weighted by Gasteiger charge is 2.04. The highest BCUT2D eigenvalue weighted by Crippen LogP contribution is 2.26. The Labute approximate surface area is 108 Å². The first kappa shape index (κ1) is 11.9. The molecule has 0 saturated heterocycles. The Morgan fingerprint density at radius 2 is 2.00 bits per heavy atom. The number of hydrogen-bond acceptors (Lipinski definition) is 4. The van der Waals surface area contributed by atoms with Crippen LogP contribution in [0.5, 0.6) is 0 Å². The lowest BCUT2D eigenvalue weighted by molar-refractivity contribution is 0.937. The molecule has 0 radical (unpaired) electrons. The van der Waals surface area contributed by atoms with Crippen molar-refractivity contribution < 1.29 is 0 Å². The number of rotatable bonds is 3. The largest absolute Gasteiger partial charge is 0.197 e. The molecule has 0 bridgehead atoms. The van der Waals surface area contributed by atoms with Gasteiger partial charge in [-0.25, -0.2) is 0 Å². The zero-order valence-corrected chi connectivity index (χ0v) is 10.4. The molecule has 0 aliphatic carbocycles. The fourth-order valence-electron chi connectivity index (χ4n) is 1.32. The molecule has 84 valence electrons. The van der Waals surface area contributed by atoms with Crippen molar-refractivity contribution in [3.63, 3.8) is 0 Å². The lowest BCUT2D eigenvalue weighted by Crippen LogP contribution is -1.90. The zero-order valence-electron chi connectivity index (χ0n) is 8.80. The van der Waals surface area contributed by atoms with E-state index in [2.05, 4.69) is 10.2 Å². The third-order valence-corrected chi connectivity index (χ3v) is 3.19. The van der Waals surface area contributed by atoms with Crippen LogP contribution in [0.3, 0.4) is 0 Å². The second-order valence-electron chi connectivity index (χ2n) is 3.18. The first-order chi connectivity index (χ1) is 8.31. The quantitative estimate of drug-likeness (QED) is 0.795. The number of benzene rings is 1. The maximum Gasteiger partial charge on any atom is 0.120 e. The van der Waals surface area contributed by atoms with Crippen LogP contribution < -0.4 is 0 Å². The number of nitriles is 1. The van der Waals surface area contributed by atoms with Gasteiger partial charge in [0.25, 0.3) is 0 Å². The van der Waals surface area contributed by atoms with Crippen LogP contribution in [0.15, 0.2) is 41.4 Å². The van der Waals surface area contributed by atoms with E-state index in [0.717, 1.165) is 16.3 Å². The molecule has 17 heavy (non-hydrogen) atoms. The van der Waals surface area contributed by atoms with E-state index < -0.39 is 0 Å². The molecule has 0 spiro atoms. The Hall–Kier alpha value is -1.57. The van der Waals surface area contributed by atoms with Crippen molar-refractivity contribution in [1.29, 1.82) is 5.26 Å². The van der Waals surface area contributed by atoms with Crippen LogP contribution in [0, 0.1) is 11.3 Å². The number of hydrogen-bond donors (Lipinski definition) is 0. The smallest absolute Gasteiger partial charge is 0.120 e. The molecule has 0 fully saturated rings. The van der Waals surface area contributed by atoms with Crippen LogP contribution in [0.1, 0.15) is 0 Å². The maximum absolute atomic E-state index is 8.46. The van der Waals surface area contributed by atoms with E-state index in [1.54, 1.807) is 0 Å². The van der Waals surface area contributed by atoms with Crippen molar-refractivity contribution in [2.45, 2.75) is 5.03 Å². The summed E-state index contributed by atoms with van der Waals surface area (Å²) in [6.07, 6.45) is 0. The summed E-state index contributed by atoms with van der Waals surface area (Å²) in [5.41, 5.74) is 1.59. The maximum atomic E-state index is 8.46. The summed E-state index contributed by atoms with van der Waals surface area (Å²) >= 11 is 7.43. The van der Waals surface area contributed by atoms with Gasteiger partial charge in [0.1, 0.15) is 5.03 Å². The first-order valence-electron chi connectivity index (χ1n) is 4.89. The molecule has 1 heterocycles. The second-order valence-corrected chi connectivity index (χ2v) is 4.59. The summed E-state index contributed by atoms with van der Waals surface area (Å²) in [5.74, 6) is 0.375. The molecule has 1 aromatic carbocycles. The third kappa shape index (κ3) is 2.96. The molecule has 0 atom stereocenters. The van der Waals surface area contributed by atoms with Crippen LogP contribution in [0.25, 0.3) is 11.3 Å². The third-order valence-electron chi connectivity index (χ3n) is 2.07. The molecule has 0 aliphatic rings. The van der Waals surface area contributed by atoms with Gasteiger partial charge in [-0.3, -0.25) is 0 Å². The van der Waals surface area contributed by atoms with Crippen molar-refractivity contribution >= 4 is 23.4 Å². The Morgan fingerprint density at radius 3 is 2.65 bits per heavy atom. The molecule has 0 amide bonds. The van der Waals surface area contributed by atoms with Crippen LogP contribution in [-0.2, 0) is 0 Å². The minimum atomic E-state index is 0.375. The van der Waals surface area contributed by atoms with Gasteiger partial charge in [0.05, 0.1) is 22.5 Å². The monoisotopic (exact) mass is 261 g/mol. The van der Waals surface area contributed by atoms with Crippen LogP contribution in [-0.4, -0.2) is 16.0 Å². The van der Waals surface area contributed by atoms with Crippen molar-refractivity contribution in [2.24, 2.45) is 0 Å². The van der Waals surface area contributed by atoms with Gasteiger partial charge in [0, 0.05) is 5.56 Å². The number of aromatic nitrogens is 2. The van der Waals surface area contributed by atoms with Crippen LogP contribution >= 0.6 is 23.4 Å². The minimum Gasteiger partial charge on any atom is -0.197 e. The molecule has 0 N–H and O–H groups in total. The SMILES string of the molecule is N#CCSc1ccc(-c2ccccc2Cl)nn1. The number of thioether (sulfide) groups is 1. The molecule has 0 unspecified atom stereocenters. The predicted molar refractivity (Wildman–Crippen MR) is 68.8 cm³/mol. The molecule has 2 rings (SSSR count). The van der Waals surface area contributed by atoms with E-state index >= 15 is 0 Å². The fraction of sp³-hybridized carbons (Fsp3) is 0.0833. The van der Waals surface area contributed by atoms with Gasteiger partial charge in [-0.1, -0.05) is 41.6 Å². The number of nitrogens with zero attached hydrogens (tertiary/aromatic N) is 3. The summed E-state index contributed by atoms with van der Waals surface area (Å²) in [7, 11) is 0. The van der Waals surface area contributed by atoms with Gasteiger partial charge in [-0.2, -0.15) is 5.26 Å². The van der Waals surface area contributed by atoms with E-state index in [4.69, 9.17) is 16.9 Å². The summed E-state index contributed by atoms with van der Waals surface area (Å²) in [5, 5.41) is 18.0. The van der Waals surface area contributed by atoms with Gasteiger partial charge < -0.3 is 0 Å². The van der Waals surface area contributed by atoms with Crippen LogP contribution in [0.4, 0.5) is 0 Å². The predicted octanol–water partition coefficient (Wildman–Crippen LogP) is 3.41. The normalized spacial score (nSPS) is 9.88. The first-order valence-corrected chi connectivity index (χ1v) is 6.26. The van der Waals surface area contributed by atoms with Gasteiger partial charge >= 0.3 is 0 Å². The van der Waals surface area contributed by atoms with E-state index in [-0.39, 0.29) is 0 Å². The Kier molecular flexibility index (Phi) is 3.97.